The van der Waals surface area contributed by atoms with Crippen LogP contribution in [0.15, 0.2) is 54.6 Å². The van der Waals surface area contributed by atoms with Gasteiger partial charge >= 0.3 is 0 Å². The molecule has 36 heavy (non-hydrogen) atoms. The number of methoxy groups -OCH3 is 5. The summed E-state index contributed by atoms with van der Waals surface area (Å²) in [5.41, 5.74) is 1.88. The average molecular weight is 498 g/mol. The number of ether oxygens (including phenoxy) is 6. The second-order valence-corrected chi connectivity index (χ2v) is 6.87. The molecule has 10 nitrogen and oxygen atoms in total. The fourth-order valence-electron chi connectivity index (χ4n) is 3.05. The van der Waals surface area contributed by atoms with E-state index in [4.69, 9.17) is 23.7 Å². The standard InChI is InChI=1S/C19H22O5.C7H5NO4/c1-20-15-9-8-13(10-16(15)21-2)6-7-14-11-17(22-3)19(24-5)18(12-14)23-4;9-5-12-7-3-1-6(2-4-7)8(10)11/h6-12H,1-5H3;1-5H/b7-6-;. The molecule has 3 rings (SSSR count). The molecular formula is C26H27NO9. The van der Waals surface area contributed by atoms with Crippen molar-refractivity contribution in [2.75, 3.05) is 35.5 Å². The Hall–Kier alpha value is -4.73. The van der Waals surface area contributed by atoms with E-state index < -0.39 is 4.92 Å². The first-order chi connectivity index (χ1) is 17.4. The predicted molar refractivity (Wildman–Crippen MR) is 134 cm³/mol. The van der Waals surface area contributed by atoms with Gasteiger partial charge in [0.25, 0.3) is 12.2 Å². The molecule has 0 aliphatic carbocycles. The number of nitrogens with zero attached hydrogens (tertiary/aromatic N) is 1. The van der Waals surface area contributed by atoms with Crippen LogP contribution in [0.4, 0.5) is 5.69 Å². The van der Waals surface area contributed by atoms with Gasteiger partial charge in [-0.3, -0.25) is 14.9 Å². The Kier molecular flexibility index (Phi) is 10.6. The molecule has 0 bridgehead atoms. The van der Waals surface area contributed by atoms with Gasteiger partial charge in [0.1, 0.15) is 5.75 Å². The molecule has 0 spiro atoms. The van der Waals surface area contributed by atoms with Crippen molar-refractivity contribution in [2.45, 2.75) is 0 Å². The van der Waals surface area contributed by atoms with Crippen molar-refractivity contribution in [2.24, 2.45) is 0 Å². The number of carbonyl (C=O) groups is 1. The molecule has 3 aromatic carbocycles. The summed E-state index contributed by atoms with van der Waals surface area (Å²) >= 11 is 0. The first-order valence-corrected chi connectivity index (χ1v) is 10.5. The lowest BCUT2D eigenvalue weighted by Crippen LogP contribution is -1.95. The van der Waals surface area contributed by atoms with E-state index in [-0.39, 0.29) is 17.9 Å². The van der Waals surface area contributed by atoms with Crippen LogP contribution < -0.4 is 28.4 Å². The molecule has 190 valence electrons. The minimum Gasteiger partial charge on any atom is -0.493 e. The Morgan fingerprint density at radius 1 is 0.667 bits per heavy atom. The van der Waals surface area contributed by atoms with Gasteiger partial charge in [0.05, 0.1) is 40.5 Å². The third kappa shape index (κ3) is 7.39. The molecule has 0 heterocycles. The van der Waals surface area contributed by atoms with Gasteiger partial charge < -0.3 is 28.4 Å². The van der Waals surface area contributed by atoms with Crippen molar-refractivity contribution in [1.82, 2.24) is 0 Å². The Bertz CT molecular complexity index is 1170. The average Bonchev–Trinajstić information content (AvgIpc) is 2.91. The van der Waals surface area contributed by atoms with Gasteiger partial charge in [-0.2, -0.15) is 0 Å². The highest BCUT2D eigenvalue weighted by Crippen LogP contribution is 2.38. The topological polar surface area (TPSA) is 116 Å². The SMILES string of the molecule is COc1ccc(/C=C\c2cc(OC)c(OC)c(OC)c2)cc1OC.O=COc1ccc([N+](=O)[O-])cc1. The maximum absolute atomic E-state index is 10.2. The van der Waals surface area contributed by atoms with Gasteiger partial charge in [-0.05, 0) is 47.5 Å². The zero-order chi connectivity index (χ0) is 26.5. The quantitative estimate of drug-likeness (QED) is 0.165. The van der Waals surface area contributed by atoms with Gasteiger partial charge in [0.15, 0.2) is 23.0 Å². The lowest BCUT2D eigenvalue weighted by atomic mass is 10.1. The van der Waals surface area contributed by atoms with Crippen molar-refractivity contribution in [3.63, 3.8) is 0 Å². The van der Waals surface area contributed by atoms with E-state index in [1.807, 2.05) is 42.5 Å². The summed E-state index contributed by atoms with van der Waals surface area (Å²) in [6.45, 7) is 0.265. The van der Waals surface area contributed by atoms with Crippen molar-refractivity contribution >= 4 is 24.3 Å². The fraction of sp³-hybridized carbons (Fsp3) is 0.192. The van der Waals surface area contributed by atoms with E-state index in [2.05, 4.69) is 4.74 Å². The number of nitro groups is 1. The van der Waals surface area contributed by atoms with Crippen molar-refractivity contribution in [3.8, 4) is 34.5 Å². The van der Waals surface area contributed by atoms with Crippen LogP contribution in [0.1, 0.15) is 11.1 Å². The maximum atomic E-state index is 10.2. The first-order valence-electron chi connectivity index (χ1n) is 10.5. The summed E-state index contributed by atoms with van der Waals surface area (Å²) in [6.07, 6.45) is 3.94. The highest BCUT2D eigenvalue weighted by molar-refractivity contribution is 5.73. The van der Waals surface area contributed by atoms with Crippen LogP contribution in [0, 0.1) is 10.1 Å². The zero-order valence-corrected chi connectivity index (χ0v) is 20.5. The van der Waals surface area contributed by atoms with E-state index in [0.29, 0.717) is 28.7 Å². The van der Waals surface area contributed by atoms with Crippen molar-refractivity contribution < 1.29 is 38.1 Å². The first kappa shape index (κ1) is 27.5. The molecule has 10 heteroatoms. The molecule has 0 fully saturated rings. The summed E-state index contributed by atoms with van der Waals surface area (Å²) in [5, 5.41) is 10.2. The van der Waals surface area contributed by atoms with Crippen LogP contribution in [-0.4, -0.2) is 46.9 Å². The predicted octanol–water partition coefficient (Wildman–Crippen LogP) is 5.03. The third-order valence-electron chi connectivity index (χ3n) is 4.79. The summed E-state index contributed by atoms with van der Waals surface area (Å²) in [7, 11) is 8.01. The minimum atomic E-state index is -0.523. The van der Waals surface area contributed by atoms with E-state index in [0.717, 1.165) is 11.1 Å². The molecule has 0 atom stereocenters. The van der Waals surface area contributed by atoms with Gasteiger partial charge in [0.2, 0.25) is 5.75 Å². The van der Waals surface area contributed by atoms with Gasteiger partial charge in [-0.25, -0.2) is 0 Å². The number of rotatable bonds is 10. The number of benzene rings is 3. The van der Waals surface area contributed by atoms with Crippen LogP contribution in [0.3, 0.4) is 0 Å². The summed E-state index contributed by atoms with van der Waals surface area (Å²) in [6, 6.07) is 14.7. The molecule has 0 saturated heterocycles. The van der Waals surface area contributed by atoms with Crippen LogP contribution in [0.25, 0.3) is 12.2 Å². The Morgan fingerprint density at radius 2 is 1.19 bits per heavy atom. The summed E-state index contributed by atoms with van der Waals surface area (Å²) in [5.74, 6) is 3.47. The van der Waals surface area contributed by atoms with Gasteiger partial charge in [0, 0.05) is 12.1 Å². The molecule has 0 aliphatic heterocycles. The van der Waals surface area contributed by atoms with Crippen LogP contribution >= 0.6 is 0 Å². The number of hydrogen-bond acceptors (Lipinski definition) is 9. The molecular weight excluding hydrogens is 470 g/mol. The van der Waals surface area contributed by atoms with E-state index in [1.54, 1.807) is 35.5 Å². The highest BCUT2D eigenvalue weighted by atomic mass is 16.6. The number of nitro benzene ring substituents is 1. The summed E-state index contributed by atoms with van der Waals surface area (Å²) in [4.78, 5) is 19.5. The molecule has 0 N–H and O–H groups in total. The largest absolute Gasteiger partial charge is 0.493 e. The molecule has 0 unspecified atom stereocenters. The van der Waals surface area contributed by atoms with Crippen LogP contribution in [0.2, 0.25) is 0 Å². The van der Waals surface area contributed by atoms with Gasteiger partial charge in [-0.1, -0.05) is 18.2 Å². The second kappa shape index (κ2) is 13.9. The summed E-state index contributed by atoms with van der Waals surface area (Å²) < 4.78 is 31.1. The monoisotopic (exact) mass is 497 g/mol. The Morgan fingerprint density at radius 3 is 1.67 bits per heavy atom. The molecule has 3 aromatic rings. The zero-order valence-electron chi connectivity index (χ0n) is 20.5. The number of non-ortho nitro benzene ring substituents is 1. The molecule has 0 amide bonds. The fourth-order valence-corrected chi connectivity index (χ4v) is 3.05. The second-order valence-electron chi connectivity index (χ2n) is 6.87. The molecule has 0 aromatic heterocycles. The van der Waals surface area contributed by atoms with E-state index >= 15 is 0 Å². The lowest BCUT2D eigenvalue weighted by molar-refractivity contribution is -0.384. The van der Waals surface area contributed by atoms with Gasteiger partial charge in [-0.15, -0.1) is 0 Å². The van der Waals surface area contributed by atoms with Crippen LogP contribution in [-0.2, 0) is 4.79 Å². The van der Waals surface area contributed by atoms with Crippen molar-refractivity contribution in [3.05, 3.63) is 75.8 Å². The molecule has 0 radical (unpaired) electrons. The van der Waals surface area contributed by atoms with Crippen LogP contribution in [0.5, 0.6) is 34.5 Å². The van der Waals surface area contributed by atoms with Crippen molar-refractivity contribution in [1.29, 1.82) is 0 Å². The minimum absolute atomic E-state index is 0.0340. The number of hydrogen-bond donors (Lipinski definition) is 0. The highest BCUT2D eigenvalue weighted by Gasteiger charge is 2.12. The Balaban J connectivity index is 0.000000319. The maximum Gasteiger partial charge on any atom is 0.298 e. The Labute approximate surface area is 208 Å². The molecule has 0 aliphatic rings. The third-order valence-corrected chi connectivity index (χ3v) is 4.79. The smallest absolute Gasteiger partial charge is 0.298 e. The van der Waals surface area contributed by atoms with E-state index in [1.165, 1.54) is 24.3 Å². The molecule has 0 saturated carbocycles. The van der Waals surface area contributed by atoms with E-state index in [9.17, 15) is 14.9 Å². The normalized spacial score (nSPS) is 10.0. The number of carbonyl (C=O) groups excluding carboxylic acids is 1. The lowest BCUT2D eigenvalue weighted by Gasteiger charge is -2.13.